The Morgan fingerprint density at radius 1 is 1.26 bits per heavy atom. The monoisotopic (exact) mass is 272 g/mol. The summed E-state index contributed by atoms with van der Waals surface area (Å²) in [6, 6.07) is 1.08. The van der Waals surface area contributed by atoms with Gasteiger partial charge in [0, 0.05) is 18.2 Å². The van der Waals surface area contributed by atoms with Crippen LogP contribution in [0.25, 0.3) is 0 Å². The molecule has 0 N–H and O–H groups in total. The van der Waals surface area contributed by atoms with E-state index in [0.29, 0.717) is 11.3 Å². The van der Waals surface area contributed by atoms with Gasteiger partial charge in [0.2, 0.25) is 5.91 Å². The van der Waals surface area contributed by atoms with Gasteiger partial charge in [-0.3, -0.25) is 9.78 Å². The van der Waals surface area contributed by atoms with Gasteiger partial charge in [0.1, 0.15) is 0 Å². The second-order valence-electron chi connectivity index (χ2n) is 5.74. The number of aromatic nitrogens is 1. The molecule has 1 aliphatic heterocycles. The molecule has 2 heterocycles. The fourth-order valence-corrected chi connectivity index (χ4v) is 2.03. The Kier molecular flexibility index (Phi) is 3.07. The summed E-state index contributed by atoms with van der Waals surface area (Å²) in [6.07, 6.45) is -3.58. The van der Waals surface area contributed by atoms with Crippen molar-refractivity contribution in [1.29, 1.82) is 0 Å². The zero-order valence-corrected chi connectivity index (χ0v) is 11.0. The smallest absolute Gasteiger partial charge is 0.332 e. The average molecular weight is 272 g/mol. The lowest BCUT2D eigenvalue weighted by molar-refractivity contribution is -0.140. The molecule has 0 spiro atoms. The Morgan fingerprint density at radius 3 is 2.42 bits per heavy atom. The Bertz CT molecular complexity index is 518. The maximum Gasteiger partial charge on any atom is 0.417 e. The highest BCUT2D eigenvalue weighted by Gasteiger charge is 2.35. The summed E-state index contributed by atoms with van der Waals surface area (Å²) in [7, 11) is 0. The molecule has 0 saturated heterocycles. The van der Waals surface area contributed by atoms with Crippen LogP contribution in [0.2, 0.25) is 0 Å². The van der Waals surface area contributed by atoms with E-state index in [1.54, 1.807) is 20.8 Å². The van der Waals surface area contributed by atoms with Crippen molar-refractivity contribution in [2.24, 2.45) is 5.41 Å². The molecule has 0 fully saturated rings. The molecule has 2 rings (SSSR count). The van der Waals surface area contributed by atoms with Gasteiger partial charge in [-0.1, -0.05) is 20.8 Å². The van der Waals surface area contributed by atoms with E-state index in [1.807, 2.05) is 0 Å². The molecular formula is C13H15F3N2O. The largest absolute Gasteiger partial charge is 0.417 e. The summed E-state index contributed by atoms with van der Waals surface area (Å²) in [4.78, 5) is 17.5. The van der Waals surface area contributed by atoms with Crippen LogP contribution in [0.3, 0.4) is 0 Å². The van der Waals surface area contributed by atoms with Crippen molar-refractivity contribution in [3.8, 4) is 0 Å². The Hall–Kier alpha value is -1.59. The third-order valence-corrected chi connectivity index (χ3v) is 3.02. The molecule has 1 aliphatic rings. The van der Waals surface area contributed by atoms with Gasteiger partial charge in [0.15, 0.2) is 0 Å². The van der Waals surface area contributed by atoms with Gasteiger partial charge in [0.25, 0.3) is 0 Å². The van der Waals surface area contributed by atoms with Gasteiger partial charge >= 0.3 is 6.18 Å². The number of hydrogen-bond acceptors (Lipinski definition) is 2. The first-order valence-corrected chi connectivity index (χ1v) is 5.93. The van der Waals surface area contributed by atoms with E-state index < -0.39 is 17.2 Å². The van der Waals surface area contributed by atoms with Crippen LogP contribution in [-0.4, -0.2) is 15.8 Å². The molecule has 0 saturated carbocycles. The number of nitrogens with zero attached hydrogens (tertiary/aromatic N) is 2. The SMILES string of the molecule is CC(C)(C)C(=O)N1Cc2cc(C(F)(F)F)cnc2C1. The van der Waals surface area contributed by atoms with Crippen LogP contribution >= 0.6 is 0 Å². The minimum absolute atomic E-state index is 0.0842. The third kappa shape index (κ3) is 2.72. The van der Waals surface area contributed by atoms with Crippen LogP contribution in [0.1, 0.15) is 37.6 Å². The van der Waals surface area contributed by atoms with Crippen LogP contribution < -0.4 is 0 Å². The standard InChI is InChI=1S/C13H15F3N2O/c1-12(2,3)11(19)18-6-8-4-9(13(14,15)16)5-17-10(8)7-18/h4-5H,6-7H2,1-3H3. The average Bonchev–Trinajstić information content (AvgIpc) is 2.67. The van der Waals surface area contributed by atoms with Crippen molar-refractivity contribution < 1.29 is 18.0 Å². The van der Waals surface area contributed by atoms with Crippen molar-refractivity contribution >= 4 is 5.91 Å². The van der Waals surface area contributed by atoms with E-state index in [9.17, 15) is 18.0 Å². The van der Waals surface area contributed by atoms with Crippen LogP contribution in [0.5, 0.6) is 0 Å². The molecule has 104 valence electrons. The molecule has 1 amide bonds. The summed E-state index contributed by atoms with van der Waals surface area (Å²) >= 11 is 0. The molecule has 0 bridgehead atoms. The molecule has 1 aromatic heterocycles. The number of rotatable bonds is 0. The van der Waals surface area contributed by atoms with Crippen LogP contribution in [0.4, 0.5) is 13.2 Å². The number of fused-ring (bicyclic) bond motifs is 1. The van der Waals surface area contributed by atoms with Crippen LogP contribution in [0.15, 0.2) is 12.3 Å². The van der Waals surface area contributed by atoms with Crippen LogP contribution in [0, 0.1) is 5.41 Å². The number of halogens is 3. The van der Waals surface area contributed by atoms with Crippen molar-refractivity contribution in [3.63, 3.8) is 0 Å². The Morgan fingerprint density at radius 2 is 1.89 bits per heavy atom. The first-order chi connectivity index (χ1) is 8.59. The highest BCUT2D eigenvalue weighted by atomic mass is 19.4. The highest BCUT2D eigenvalue weighted by molar-refractivity contribution is 5.82. The van der Waals surface area contributed by atoms with Gasteiger partial charge in [-0.05, 0) is 11.6 Å². The summed E-state index contributed by atoms with van der Waals surface area (Å²) < 4.78 is 37.7. The third-order valence-electron chi connectivity index (χ3n) is 3.02. The fraction of sp³-hybridized carbons (Fsp3) is 0.538. The first-order valence-electron chi connectivity index (χ1n) is 5.93. The number of carbonyl (C=O) groups is 1. The van der Waals surface area contributed by atoms with Crippen molar-refractivity contribution in [3.05, 3.63) is 29.1 Å². The second-order valence-corrected chi connectivity index (χ2v) is 5.74. The van der Waals surface area contributed by atoms with E-state index in [-0.39, 0.29) is 19.0 Å². The maximum absolute atomic E-state index is 12.6. The highest BCUT2D eigenvalue weighted by Crippen LogP contribution is 2.33. The number of pyridine rings is 1. The minimum Gasteiger partial charge on any atom is -0.332 e. The molecule has 0 aliphatic carbocycles. The lowest BCUT2D eigenvalue weighted by atomic mass is 9.95. The summed E-state index contributed by atoms with van der Waals surface area (Å²) in [5.41, 5.74) is -0.288. The predicted octanol–water partition coefficient (Wildman–Crippen LogP) is 2.99. The fourth-order valence-electron chi connectivity index (χ4n) is 2.03. The lowest BCUT2D eigenvalue weighted by Gasteiger charge is -2.25. The summed E-state index contributed by atoms with van der Waals surface area (Å²) in [5.74, 6) is -0.0842. The maximum atomic E-state index is 12.6. The van der Waals surface area contributed by atoms with Crippen molar-refractivity contribution in [2.75, 3.05) is 0 Å². The normalized spacial score (nSPS) is 15.6. The van der Waals surface area contributed by atoms with E-state index in [1.165, 1.54) is 4.90 Å². The molecule has 0 aromatic carbocycles. The number of amides is 1. The molecule has 0 radical (unpaired) electrons. The Balaban J connectivity index is 2.24. The number of hydrogen-bond donors (Lipinski definition) is 0. The topological polar surface area (TPSA) is 33.2 Å². The van der Waals surface area contributed by atoms with Gasteiger partial charge in [-0.25, -0.2) is 0 Å². The zero-order chi connectivity index (χ0) is 14.4. The molecule has 0 unspecified atom stereocenters. The number of alkyl halides is 3. The summed E-state index contributed by atoms with van der Waals surface area (Å²) in [5, 5.41) is 0. The van der Waals surface area contributed by atoms with Gasteiger partial charge in [-0.2, -0.15) is 13.2 Å². The lowest BCUT2D eigenvalue weighted by Crippen LogP contribution is -2.35. The molecule has 0 atom stereocenters. The van der Waals surface area contributed by atoms with E-state index in [2.05, 4.69) is 4.98 Å². The van der Waals surface area contributed by atoms with E-state index in [0.717, 1.165) is 12.3 Å². The minimum atomic E-state index is -4.40. The van der Waals surface area contributed by atoms with E-state index in [4.69, 9.17) is 0 Å². The molecule has 1 aromatic rings. The molecule has 6 heteroatoms. The summed E-state index contributed by atoms with van der Waals surface area (Å²) in [6.45, 7) is 5.83. The second kappa shape index (κ2) is 4.21. The van der Waals surface area contributed by atoms with Gasteiger partial charge < -0.3 is 4.90 Å². The molecule has 3 nitrogen and oxygen atoms in total. The van der Waals surface area contributed by atoms with Gasteiger partial charge in [-0.15, -0.1) is 0 Å². The van der Waals surface area contributed by atoms with Crippen LogP contribution in [-0.2, 0) is 24.1 Å². The van der Waals surface area contributed by atoms with E-state index >= 15 is 0 Å². The van der Waals surface area contributed by atoms with Gasteiger partial charge in [0.05, 0.1) is 17.8 Å². The van der Waals surface area contributed by atoms with Crippen molar-refractivity contribution in [2.45, 2.75) is 40.0 Å². The molecular weight excluding hydrogens is 257 g/mol. The zero-order valence-electron chi connectivity index (χ0n) is 11.0. The quantitative estimate of drug-likeness (QED) is 0.727. The number of carbonyl (C=O) groups excluding carboxylic acids is 1. The predicted molar refractivity (Wildman–Crippen MR) is 62.9 cm³/mol. The first kappa shape index (κ1) is 13.8. The van der Waals surface area contributed by atoms with Crippen molar-refractivity contribution in [1.82, 2.24) is 9.88 Å². The Labute approximate surface area is 109 Å². The molecule has 19 heavy (non-hydrogen) atoms.